The molecule has 0 aliphatic carbocycles. The lowest BCUT2D eigenvalue weighted by atomic mass is 9.92. The third kappa shape index (κ3) is 4.65. The zero-order valence-electron chi connectivity index (χ0n) is 11.2. The highest BCUT2D eigenvalue weighted by Gasteiger charge is 2.17. The Morgan fingerprint density at radius 3 is 2.53 bits per heavy atom. The second-order valence-electron chi connectivity index (χ2n) is 5.49. The fraction of sp³-hybridized carbons (Fsp3) is 0.462. The van der Waals surface area contributed by atoms with Crippen LogP contribution in [-0.4, -0.2) is 17.4 Å². The van der Waals surface area contributed by atoms with Gasteiger partial charge >= 0.3 is 5.69 Å². The van der Waals surface area contributed by atoms with Crippen molar-refractivity contribution < 1.29 is 14.1 Å². The number of halogens is 1. The van der Waals surface area contributed by atoms with Gasteiger partial charge in [0.2, 0.25) is 5.82 Å². The predicted octanol–water partition coefficient (Wildman–Crippen LogP) is 2.90. The minimum Gasteiger partial charge on any atom is -0.352 e. The van der Waals surface area contributed by atoms with Crippen LogP contribution in [0.5, 0.6) is 0 Å². The summed E-state index contributed by atoms with van der Waals surface area (Å²) in [5, 5.41) is 13.1. The molecule has 0 aromatic heterocycles. The summed E-state index contributed by atoms with van der Waals surface area (Å²) in [5.74, 6) is -1.44. The third-order valence-corrected chi connectivity index (χ3v) is 2.57. The summed E-state index contributed by atoms with van der Waals surface area (Å²) in [7, 11) is 0. The van der Waals surface area contributed by atoms with Crippen LogP contribution < -0.4 is 5.32 Å². The number of hydrogen-bond acceptors (Lipinski definition) is 3. The molecule has 104 valence electrons. The molecule has 0 atom stereocenters. The Balaban J connectivity index is 2.68. The molecule has 0 unspecified atom stereocenters. The number of rotatable bonds is 4. The summed E-state index contributed by atoms with van der Waals surface area (Å²) < 4.78 is 13.4. The molecule has 0 fully saturated rings. The number of amides is 1. The average Bonchev–Trinajstić information content (AvgIpc) is 2.26. The molecular weight excluding hydrogens is 251 g/mol. The molecule has 0 radical (unpaired) electrons. The van der Waals surface area contributed by atoms with Crippen molar-refractivity contribution in [1.29, 1.82) is 0 Å². The standard InChI is InChI=1S/C13H17FN2O3/c1-13(2,3)6-7-15-12(17)9-4-5-11(16(18)19)10(14)8-9/h4-5,8H,6-7H2,1-3H3,(H,15,17). The van der Waals surface area contributed by atoms with Gasteiger partial charge < -0.3 is 5.32 Å². The largest absolute Gasteiger partial charge is 0.352 e. The SMILES string of the molecule is CC(C)(C)CCNC(=O)c1ccc([N+](=O)[O-])c(F)c1. The van der Waals surface area contributed by atoms with Crippen molar-refractivity contribution in [3.05, 3.63) is 39.7 Å². The van der Waals surface area contributed by atoms with Gasteiger partial charge in [-0.05, 0) is 24.0 Å². The lowest BCUT2D eigenvalue weighted by Gasteiger charge is -2.17. The number of nitrogens with one attached hydrogen (secondary N) is 1. The van der Waals surface area contributed by atoms with Gasteiger partial charge in [-0.1, -0.05) is 20.8 Å². The van der Waals surface area contributed by atoms with Crippen molar-refractivity contribution >= 4 is 11.6 Å². The van der Waals surface area contributed by atoms with Gasteiger partial charge in [-0.3, -0.25) is 14.9 Å². The number of nitro groups is 1. The number of carbonyl (C=O) groups is 1. The van der Waals surface area contributed by atoms with Crippen LogP contribution in [0.1, 0.15) is 37.6 Å². The van der Waals surface area contributed by atoms with E-state index in [9.17, 15) is 19.3 Å². The topological polar surface area (TPSA) is 72.2 Å². The van der Waals surface area contributed by atoms with E-state index in [4.69, 9.17) is 0 Å². The third-order valence-electron chi connectivity index (χ3n) is 2.57. The fourth-order valence-corrected chi connectivity index (χ4v) is 1.45. The van der Waals surface area contributed by atoms with E-state index >= 15 is 0 Å². The molecule has 0 spiro atoms. The van der Waals surface area contributed by atoms with Gasteiger partial charge in [-0.2, -0.15) is 4.39 Å². The normalized spacial score (nSPS) is 11.2. The molecule has 19 heavy (non-hydrogen) atoms. The van der Waals surface area contributed by atoms with E-state index in [-0.39, 0.29) is 11.0 Å². The van der Waals surface area contributed by atoms with Gasteiger partial charge in [0, 0.05) is 18.2 Å². The summed E-state index contributed by atoms with van der Waals surface area (Å²) in [4.78, 5) is 21.3. The van der Waals surface area contributed by atoms with Gasteiger partial charge in [0.25, 0.3) is 5.91 Å². The van der Waals surface area contributed by atoms with Crippen molar-refractivity contribution in [1.82, 2.24) is 5.32 Å². The lowest BCUT2D eigenvalue weighted by Crippen LogP contribution is -2.27. The maximum absolute atomic E-state index is 13.4. The monoisotopic (exact) mass is 268 g/mol. The van der Waals surface area contributed by atoms with Gasteiger partial charge in [-0.25, -0.2) is 0 Å². The van der Waals surface area contributed by atoms with Crippen molar-refractivity contribution in [3.8, 4) is 0 Å². The van der Waals surface area contributed by atoms with Gasteiger partial charge in [0.05, 0.1) is 4.92 Å². The highest BCUT2D eigenvalue weighted by molar-refractivity contribution is 5.94. The number of nitrogens with zero attached hydrogens (tertiary/aromatic N) is 1. The molecule has 6 heteroatoms. The summed E-state index contributed by atoms with van der Waals surface area (Å²) in [6.45, 7) is 6.61. The molecule has 0 aliphatic heterocycles. The molecule has 0 heterocycles. The van der Waals surface area contributed by atoms with E-state index in [0.29, 0.717) is 6.54 Å². The van der Waals surface area contributed by atoms with Crippen LogP contribution in [0, 0.1) is 21.3 Å². The number of hydrogen-bond donors (Lipinski definition) is 1. The van der Waals surface area contributed by atoms with E-state index in [1.165, 1.54) is 6.07 Å². The van der Waals surface area contributed by atoms with E-state index in [2.05, 4.69) is 5.32 Å². The first kappa shape index (κ1) is 15.1. The van der Waals surface area contributed by atoms with Gasteiger partial charge in [-0.15, -0.1) is 0 Å². The molecule has 1 rings (SSSR count). The first-order valence-electron chi connectivity index (χ1n) is 5.93. The maximum Gasteiger partial charge on any atom is 0.304 e. The zero-order chi connectivity index (χ0) is 14.6. The zero-order valence-corrected chi connectivity index (χ0v) is 11.2. The molecule has 1 aromatic rings. The fourth-order valence-electron chi connectivity index (χ4n) is 1.45. The number of carbonyl (C=O) groups excluding carboxylic acids is 1. The predicted molar refractivity (Wildman–Crippen MR) is 69.5 cm³/mol. The molecule has 0 saturated heterocycles. The molecule has 1 N–H and O–H groups in total. The second-order valence-corrected chi connectivity index (χ2v) is 5.49. The van der Waals surface area contributed by atoms with Crippen molar-refractivity contribution in [2.24, 2.45) is 5.41 Å². The Labute approximate surface area is 111 Å². The Bertz CT molecular complexity index is 495. The highest BCUT2D eigenvalue weighted by atomic mass is 19.1. The van der Waals surface area contributed by atoms with Crippen LogP contribution >= 0.6 is 0 Å². The minimum atomic E-state index is -1.01. The molecular formula is C13H17FN2O3. The van der Waals surface area contributed by atoms with Gasteiger partial charge in [0.1, 0.15) is 0 Å². The minimum absolute atomic E-state index is 0.0806. The molecule has 1 aromatic carbocycles. The van der Waals surface area contributed by atoms with E-state index in [0.717, 1.165) is 18.6 Å². The second kappa shape index (κ2) is 5.77. The Morgan fingerprint density at radius 1 is 1.42 bits per heavy atom. The molecule has 5 nitrogen and oxygen atoms in total. The number of benzene rings is 1. The lowest BCUT2D eigenvalue weighted by molar-refractivity contribution is -0.387. The van der Waals surface area contributed by atoms with Crippen LogP contribution in [0.25, 0.3) is 0 Å². The van der Waals surface area contributed by atoms with Crippen molar-refractivity contribution in [3.63, 3.8) is 0 Å². The van der Waals surface area contributed by atoms with Crippen LogP contribution in [-0.2, 0) is 0 Å². The highest BCUT2D eigenvalue weighted by Crippen LogP contribution is 2.19. The summed E-state index contributed by atoms with van der Waals surface area (Å²) in [6.07, 6.45) is 0.786. The molecule has 0 bridgehead atoms. The smallest absolute Gasteiger partial charge is 0.304 e. The van der Waals surface area contributed by atoms with Crippen LogP contribution in [0.15, 0.2) is 18.2 Å². The van der Waals surface area contributed by atoms with E-state index in [1.807, 2.05) is 20.8 Å². The van der Waals surface area contributed by atoms with Crippen LogP contribution in [0.4, 0.5) is 10.1 Å². The molecule has 0 aliphatic rings. The molecule has 0 saturated carbocycles. The Kier molecular flexibility index (Phi) is 4.58. The summed E-state index contributed by atoms with van der Waals surface area (Å²) in [6, 6.07) is 3.12. The molecule has 1 amide bonds. The van der Waals surface area contributed by atoms with Crippen molar-refractivity contribution in [2.45, 2.75) is 27.2 Å². The summed E-state index contributed by atoms with van der Waals surface area (Å²) in [5.41, 5.74) is -0.461. The van der Waals surface area contributed by atoms with Crippen molar-refractivity contribution in [2.75, 3.05) is 6.54 Å². The van der Waals surface area contributed by atoms with Crippen LogP contribution in [0.2, 0.25) is 0 Å². The van der Waals surface area contributed by atoms with Crippen LogP contribution in [0.3, 0.4) is 0 Å². The van der Waals surface area contributed by atoms with Gasteiger partial charge in [0.15, 0.2) is 0 Å². The number of nitro benzene ring substituents is 1. The average molecular weight is 268 g/mol. The first-order valence-corrected chi connectivity index (χ1v) is 5.93. The Hall–Kier alpha value is -1.98. The maximum atomic E-state index is 13.4. The summed E-state index contributed by atoms with van der Waals surface area (Å²) >= 11 is 0. The van der Waals surface area contributed by atoms with E-state index in [1.54, 1.807) is 0 Å². The first-order chi connectivity index (χ1) is 8.70. The van der Waals surface area contributed by atoms with E-state index < -0.39 is 22.3 Å². The Morgan fingerprint density at radius 2 is 2.05 bits per heavy atom. The quantitative estimate of drug-likeness (QED) is 0.674.